The maximum Gasteiger partial charge on any atom is 0.318 e. The lowest BCUT2D eigenvalue weighted by Crippen LogP contribution is -2.49. The van der Waals surface area contributed by atoms with E-state index >= 15 is 0 Å². The quantitative estimate of drug-likeness (QED) is 0.850. The third kappa shape index (κ3) is 3.69. The first kappa shape index (κ1) is 14.3. The van der Waals surface area contributed by atoms with Gasteiger partial charge >= 0.3 is 12.0 Å². The molecule has 0 radical (unpaired) electrons. The number of aliphatic carboxylic acids is 1. The predicted octanol–water partition coefficient (Wildman–Crippen LogP) is 0.917. The second-order valence-corrected chi connectivity index (χ2v) is 4.83. The minimum atomic E-state index is -0.887. The lowest BCUT2D eigenvalue weighted by molar-refractivity contribution is -0.138. The minimum Gasteiger partial charge on any atom is -0.481 e. The maximum atomic E-state index is 12.1. The highest BCUT2D eigenvalue weighted by Crippen LogP contribution is 2.19. The summed E-state index contributed by atoms with van der Waals surface area (Å²) in [6, 6.07) is -0.530. The van der Waals surface area contributed by atoms with Gasteiger partial charge in [-0.25, -0.2) is 4.79 Å². The van der Waals surface area contributed by atoms with Crippen LogP contribution in [0.2, 0.25) is 0 Å². The van der Waals surface area contributed by atoms with Crippen molar-refractivity contribution in [3.8, 4) is 0 Å². The van der Waals surface area contributed by atoms with E-state index in [-0.39, 0.29) is 25.0 Å². The van der Waals surface area contributed by atoms with Crippen LogP contribution < -0.4 is 5.32 Å². The number of carbonyl (C=O) groups is 2. The molecule has 0 aromatic carbocycles. The number of carbonyl (C=O) groups excluding carboxylic acids is 1. The summed E-state index contributed by atoms with van der Waals surface area (Å²) in [5, 5.41) is 15.2. The molecule has 1 aromatic rings. The van der Waals surface area contributed by atoms with Crippen molar-refractivity contribution in [1.29, 1.82) is 0 Å². The molecule has 1 saturated heterocycles. The van der Waals surface area contributed by atoms with Crippen molar-refractivity contribution < 1.29 is 19.2 Å². The zero-order valence-corrected chi connectivity index (χ0v) is 11.3. The second-order valence-electron chi connectivity index (χ2n) is 4.83. The second kappa shape index (κ2) is 6.36. The molecule has 2 heterocycles. The highest BCUT2D eigenvalue weighted by atomic mass is 16.5. The summed E-state index contributed by atoms with van der Waals surface area (Å²) < 4.78 is 4.90. The molecule has 0 bridgehead atoms. The largest absolute Gasteiger partial charge is 0.481 e. The molecule has 1 aromatic heterocycles. The fraction of sp³-hybridized carbons (Fsp3) is 0.667. The number of nitrogens with zero attached hydrogens (tertiary/aromatic N) is 3. The van der Waals surface area contributed by atoms with Gasteiger partial charge in [0.05, 0.1) is 13.0 Å². The van der Waals surface area contributed by atoms with Crippen LogP contribution in [0.5, 0.6) is 0 Å². The summed E-state index contributed by atoms with van der Waals surface area (Å²) in [5.41, 5.74) is 0. The standard InChI is InChI=1S/C12H18N4O4/c1-8-14-10(20-15-8)7-13-12(19)16-5-3-2-4-9(16)6-11(17)18/h9H,2-7H2,1H3,(H,13,19)(H,17,18). The molecule has 1 aliphatic rings. The van der Waals surface area contributed by atoms with Gasteiger partial charge in [-0.05, 0) is 26.2 Å². The number of carboxylic acids is 1. The third-order valence-electron chi connectivity index (χ3n) is 3.26. The fourth-order valence-corrected chi connectivity index (χ4v) is 2.35. The Hall–Kier alpha value is -2.12. The van der Waals surface area contributed by atoms with Crippen molar-refractivity contribution in [2.75, 3.05) is 6.54 Å². The number of aryl methyl sites for hydroxylation is 1. The smallest absolute Gasteiger partial charge is 0.318 e. The molecule has 8 nitrogen and oxygen atoms in total. The zero-order valence-electron chi connectivity index (χ0n) is 11.3. The SMILES string of the molecule is Cc1noc(CNC(=O)N2CCCCC2CC(=O)O)n1. The Bertz CT molecular complexity index is 488. The highest BCUT2D eigenvalue weighted by Gasteiger charge is 2.28. The van der Waals surface area contributed by atoms with Gasteiger partial charge < -0.3 is 19.8 Å². The Labute approximate surface area is 116 Å². The van der Waals surface area contributed by atoms with E-state index in [1.54, 1.807) is 11.8 Å². The van der Waals surface area contributed by atoms with Crippen molar-refractivity contribution in [1.82, 2.24) is 20.4 Å². The van der Waals surface area contributed by atoms with E-state index in [1.807, 2.05) is 0 Å². The first-order valence-electron chi connectivity index (χ1n) is 6.61. The zero-order chi connectivity index (χ0) is 14.5. The number of aromatic nitrogens is 2. The topological polar surface area (TPSA) is 109 Å². The molecule has 8 heteroatoms. The summed E-state index contributed by atoms with van der Waals surface area (Å²) in [7, 11) is 0. The Morgan fingerprint density at radius 2 is 2.30 bits per heavy atom. The highest BCUT2D eigenvalue weighted by molar-refractivity contribution is 5.76. The molecular weight excluding hydrogens is 264 g/mol. The Morgan fingerprint density at radius 1 is 1.50 bits per heavy atom. The maximum absolute atomic E-state index is 12.1. The average Bonchev–Trinajstić information content (AvgIpc) is 2.82. The molecule has 1 aliphatic heterocycles. The van der Waals surface area contributed by atoms with E-state index in [0.29, 0.717) is 18.3 Å². The molecule has 2 amide bonds. The van der Waals surface area contributed by atoms with Gasteiger partial charge in [-0.3, -0.25) is 4.79 Å². The van der Waals surface area contributed by atoms with Gasteiger partial charge in [0.25, 0.3) is 0 Å². The third-order valence-corrected chi connectivity index (χ3v) is 3.26. The Balaban J connectivity index is 1.90. The van der Waals surface area contributed by atoms with E-state index in [0.717, 1.165) is 19.3 Å². The van der Waals surface area contributed by atoms with Gasteiger partial charge in [0.15, 0.2) is 5.82 Å². The van der Waals surface area contributed by atoms with Crippen molar-refractivity contribution in [3.05, 3.63) is 11.7 Å². The van der Waals surface area contributed by atoms with Gasteiger partial charge in [0, 0.05) is 12.6 Å². The molecule has 1 fully saturated rings. The fourth-order valence-electron chi connectivity index (χ4n) is 2.35. The van der Waals surface area contributed by atoms with Crippen LogP contribution in [0.15, 0.2) is 4.52 Å². The lowest BCUT2D eigenvalue weighted by atomic mass is 10.00. The molecule has 0 aliphatic carbocycles. The molecule has 110 valence electrons. The van der Waals surface area contributed by atoms with Crippen LogP contribution >= 0.6 is 0 Å². The van der Waals surface area contributed by atoms with Gasteiger partial charge in [-0.1, -0.05) is 5.16 Å². The Kier molecular flexibility index (Phi) is 4.54. The van der Waals surface area contributed by atoms with Crippen LogP contribution in [0.4, 0.5) is 4.79 Å². The molecule has 0 spiro atoms. The van der Waals surface area contributed by atoms with Gasteiger partial charge in [0.1, 0.15) is 0 Å². The molecule has 1 atom stereocenters. The number of likely N-dealkylation sites (tertiary alicyclic amines) is 1. The molecule has 0 saturated carbocycles. The van der Waals surface area contributed by atoms with Gasteiger partial charge in [-0.15, -0.1) is 0 Å². The molecular formula is C12H18N4O4. The van der Waals surface area contributed by atoms with Crippen molar-refractivity contribution >= 4 is 12.0 Å². The van der Waals surface area contributed by atoms with E-state index in [9.17, 15) is 9.59 Å². The molecule has 2 rings (SSSR count). The number of nitrogens with one attached hydrogen (secondary N) is 1. The van der Waals surface area contributed by atoms with Crippen LogP contribution in [-0.2, 0) is 11.3 Å². The van der Waals surface area contributed by atoms with Crippen LogP contribution in [0.3, 0.4) is 0 Å². The first-order chi connectivity index (χ1) is 9.56. The summed E-state index contributed by atoms with van der Waals surface area (Å²) in [5.74, 6) is -0.0409. The number of hydrogen-bond donors (Lipinski definition) is 2. The first-order valence-corrected chi connectivity index (χ1v) is 6.61. The van der Waals surface area contributed by atoms with Crippen LogP contribution in [0.1, 0.15) is 37.4 Å². The lowest BCUT2D eigenvalue weighted by Gasteiger charge is -2.34. The van der Waals surface area contributed by atoms with Gasteiger partial charge in [0.2, 0.25) is 5.89 Å². The number of rotatable bonds is 4. The predicted molar refractivity (Wildman–Crippen MR) is 67.9 cm³/mol. The van der Waals surface area contributed by atoms with Crippen LogP contribution in [-0.4, -0.2) is 44.7 Å². The number of piperidine rings is 1. The van der Waals surface area contributed by atoms with E-state index in [2.05, 4.69) is 15.5 Å². The van der Waals surface area contributed by atoms with Crippen molar-refractivity contribution in [2.45, 2.75) is 45.2 Å². The van der Waals surface area contributed by atoms with E-state index < -0.39 is 5.97 Å². The van der Waals surface area contributed by atoms with Crippen molar-refractivity contribution in [3.63, 3.8) is 0 Å². The number of amides is 2. The monoisotopic (exact) mass is 282 g/mol. The number of urea groups is 1. The van der Waals surface area contributed by atoms with Crippen LogP contribution in [0.25, 0.3) is 0 Å². The number of hydrogen-bond acceptors (Lipinski definition) is 5. The normalized spacial score (nSPS) is 18.9. The van der Waals surface area contributed by atoms with E-state index in [1.165, 1.54) is 0 Å². The number of carboxylic acid groups (broad SMARTS) is 1. The molecule has 1 unspecified atom stereocenters. The molecule has 20 heavy (non-hydrogen) atoms. The Morgan fingerprint density at radius 3 is 2.95 bits per heavy atom. The summed E-state index contributed by atoms with van der Waals surface area (Å²) in [6.45, 7) is 2.42. The average molecular weight is 282 g/mol. The van der Waals surface area contributed by atoms with Gasteiger partial charge in [-0.2, -0.15) is 4.98 Å². The van der Waals surface area contributed by atoms with E-state index in [4.69, 9.17) is 9.63 Å². The minimum absolute atomic E-state index is 0.0207. The summed E-state index contributed by atoms with van der Waals surface area (Å²) in [4.78, 5) is 28.5. The molecule has 2 N–H and O–H groups in total. The van der Waals surface area contributed by atoms with Crippen LogP contribution in [0, 0.1) is 6.92 Å². The summed E-state index contributed by atoms with van der Waals surface area (Å²) in [6.07, 6.45) is 2.54. The summed E-state index contributed by atoms with van der Waals surface area (Å²) >= 11 is 0. The van der Waals surface area contributed by atoms with Crippen molar-refractivity contribution in [2.24, 2.45) is 0 Å².